The zero-order valence-corrected chi connectivity index (χ0v) is 29.5. The van der Waals surface area contributed by atoms with E-state index in [2.05, 4.69) is 64.9 Å². The third-order valence-corrected chi connectivity index (χ3v) is 11.5. The summed E-state index contributed by atoms with van der Waals surface area (Å²) in [7, 11) is 3.66. The summed E-state index contributed by atoms with van der Waals surface area (Å²) in [6, 6.07) is 7.63. The molecule has 0 radical (unpaired) electrons. The predicted octanol–water partition coefficient (Wildman–Crippen LogP) is 3.61. The minimum Gasteiger partial charge on any atom is -0.378 e. The molecule has 7 rings (SSSR count). The van der Waals surface area contributed by atoms with Gasteiger partial charge in [-0.3, -0.25) is 29.2 Å². The fourth-order valence-electron chi connectivity index (χ4n) is 7.73. The second-order valence-corrected chi connectivity index (χ2v) is 14.8. The van der Waals surface area contributed by atoms with Crippen LogP contribution in [0.2, 0.25) is 0 Å². The monoisotopic (exact) mass is 731 g/mol. The first-order valence-electron chi connectivity index (χ1n) is 17.0. The van der Waals surface area contributed by atoms with E-state index in [1.54, 1.807) is 17.9 Å². The number of allylic oxidation sites excluding steroid dienone is 1. The number of aromatic nitrogens is 4. The zero-order chi connectivity index (χ0) is 34.3. The molecule has 13 nitrogen and oxygen atoms in total. The molecule has 3 amide bonds. The molecule has 3 aromatic rings. The van der Waals surface area contributed by atoms with Crippen molar-refractivity contribution >= 4 is 45.0 Å². The number of rotatable bonds is 6. The van der Waals surface area contributed by atoms with E-state index in [0.29, 0.717) is 23.0 Å². The molecule has 3 saturated heterocycles. The summed E-state index contributed by atoms with van der Waals surface area (Å²) in [4.78, 5) is 56.2. The summed E-state index contributed by atoms with van der Waals surface area (Å²) >= 11 is 3.40. The lowest BCUT2D eigenvalue weighted by atomic mass is 9.71. The van der Waals surface area contributed by atoms with E-state index in [0.717, 1.165) is 81.8 Å². The van der Waals surface area contributed by atoms with Gasteiger partial charge in [-0.15, -0.1) is 0 Å². The molecule has 1 unspecified atom stereocenters. The number of hydrogen-bond acceptors (Lipinski definition) is 9. The van der Waals surface area contributed by atoms with Gasteiger partial charge in [0.2, 0.25) is 5.91 Å². The van der Waals surface area contributed by atoms with Crippen molar-refractivity contribution in [3.63, 3.8) is 0 Å². The van der Waals surface area contributed by atoms with Gasteiger partial charge in [0.1, 0.15) is 10.5 Å². The Hall–Kier alpha value is -4.46. The minimum absolute atomic E-state index is 0.0886. The molecule has 2 N–H and O–H groups in total. The first kappa shape index (κ1) is 33.1. The van der Waals surface area contributed by atoms with Crippen LogP contribution >= 0.6 is 15.9 Å². The van der Waals surface area contributed by atoms with Crippen LogP contribution in [-0.4, -0.2) is 86.9 Å². The summed E-state index contributed by atoms with van der Waals surface area (Å²) in [5, 5.41) is 14.4. The number of imide groups is 1. The molecule has 258 valence electrons. The van der Waals surface area contributed by atoms with Crippen molar-refractivity contribution in [1.82, 2.24) is 34.7 Å². The van der Waals surface area contributed by atoms with Crippen molar-refractivity contribution in [1.29, 1.82) is 0 Å². The molecule has 1 aromatic carbocycles. The Morgan fingerprint density at radius 2 is 1.69 bits per heavy atom. The number of piperidine rings is 3. The molecule has 1 spiro atoms. The standard InChI is InChI=1S/C35H42BrN9O4/c1-41-20-25(17-26(21-41)39-28-19-37-42(2)34(49)31(28)36)23-3-5-24(6-4-23)33(48)44-15-11-35(12-16-44)9-13-43(14-10-35)27-18-38-45(22-27)29-7-8-30(46)40-32(29)47/h3-6,18-19,21-22,25,29,39H,7-17,20H2,1-2H3,(H,40,46,47)/t25-,29?/m0/s1. The van der Waals surface area contributed by atoms with Crippen molar-refractivity contribution in [3.8, 4) is 0 Å². The highest BCUT2D eigenvalue weighted by Gasteiger charge is 2.39. The highest BCUT2D eigenvalue weighted by atomic mass is 79.9. The Morgan fingerprint density at radius 3 is 2.41 bits per heavy atom. The highest BCUT2D eigenvalue weighted by Crippen LogP contribution is 2.42. The average molecular weight is 733 g/mol. The van der Waals surface area contributed by atoms with Crippen LogP contribution in [0, 0.1) is 5.41 Å². The Morgan fingerprint density at radius 1 is 0.980 bits per heavy atom. The van der Waals surface area contributed by atoms with E-state index in [1.165, 1.54) is 10.2 Å². The lowest BCUT2D eigenvalue weighted by molar-refractivity contribution is -0.135. The average Bonchev–Trinajstić information content (AvgIpc) is 3.59. The lowest BCUT2D eigenvalue weighted by Crippen LogP contribution is -2.48. The lowest BCUT2D eigenvalue weighted by Gasteiger charge is -2.47. The van der Waals surface area contributed by atoms with Gasteiger partial charge in [0.05, 0.1) is 23.8 Å². The first-order chi connectivity index (χ1) is 23.6. The fourth-order valence-corrected chi connectivity index (χ4v) is 8.18. The number of likely N-dealkylation sites (tertiary alicyclic amines) is 1. The maximum absolute atomic E-state index is 13.6. The van der Waals surface area contributed by atoms with E-state index in [4.69, 9.17) is 0 Å². The van der Waals surface area contributed by atoms with Crippen LogP contribution in [0.15, 0.2) is 64.0 Å². The van der Waals surface area contributed by atoms with E-state index in [9.17, 15) is 19.2 Å². The molecule has 0 aliphatic carbocycles. The number of hydrogen-bond donors (Lipinski definition) is 2. The Balaban J connectivity index is 0.910. The predicted molar refractivity (Wildman–Crippen MR) is 188 cm³/mol. The number of likely N-dealkylation sites (N-methyl/N-ethyl adjacent to an activating group) is 1. The number of aryl methyl sites for hydroxylation is 1. The molecule has 14 heteroatoms. The smallest absolute Gasteiger partial charge is 0.282 e. The number of nitrogens with zero attached hydrogens (tertiary/aromatic N) is 7. The van der Waals surface area contributed by atoms with Crippen molar-refractivity contribution in [3.05, 3.63) is 80.7 Å². The topological polar surface area (TPSA) is 138 Å². The van der Waals surface area contributed by atoms with Gasteiger partial charge in [0.15, 0.2) is 0 Å². The van der Waals surface area contributed by atoms with Crippen LogP contribution in [0.5, 0.6) is 0 Å². The van der Waals surface area contributed by atoms with Crippen molar-refractivity contribution in [2.75, 3.05) is 50.0 Å². The van der Waals surface area contributed by atoms with E-state index in [1.807, 2.05) is 36.5 Å². The van der Waals surface area contributed by atoms with Crippen LogP contribution in [0.4, 0.5) is 11.4 Å². The second-order valence-electron chi connectivity index (χ2n) is 14.0. The highest BCUT2D eigenvalue weighted by molar-refractivity contribution is 9.10. The Labute approximate surface area is 293 Å². The molecule has 3 fully saturated rings. The Kier molecular flexibility index (Phi) is 9.07. The molecule has 49 heavy (non-hydrogen) atoms. The van der Waals surface area contributed by atoms with Crippen molar-refractivity contribution in [2.45, 2.75) is 56.9 Å². The molecular weight excluding hydrogens is 690 g/mol. The third-order valence-electron chi connectivity index (χ3n) is 10.8. The first-order valence-corrected chi connectivity index (χ1v) is 17.8. The molecule has 0 saturated carbocycles. The number of anilines is 2. The molecule has 4 aliphatic heterocycles. The van der Waals surface area contributed by atoms with Gasteiger partial charge in [-0.1, -0.05) is 12.1 Å². The SMILES string of the molecule is CN1C=C(Nc2cnn(C)c(=O)c2Br)C[C@H](c2ccc(C(=O)N3CCC4(CC3)CCN(c3cnn(C5CCC(=O)NC5=O)c3)CC4)cc2)C1. The summed E-state index contributed by atoms with van der Waals surface area (Å²) in [6.07, 6.45) is 13.1. The Bertz CT molecular complexity index is 1830. The fraction of sp³-hybridized carbons (Fsp3) is 0.486. The molecule has 0 bridgehead atoms. The van der Waals surface area contributed by atoms with Gasteiger partial charge < -0.3 is 20.0 Å². The third kappa shape index (κ3) is 6.87. The van der Waals surface area contributed by atoms with Gasteiger partial charge in [0.25, 0.3) is 17.4 Å². The normalized spacial score (nSPS) is 22.6. The quantitative estimate of drug-likeness (QED) is 0.365. The number of benzene rings is 1. The van der Waals surface area contributed by atoms with E-state index in [-0.39, 0.29) is 34.6 Å². The van der Waals surface area contributed by atoms with Crippen LogP contribution in [0.25, 0.3) is 0 Å². The number of amides is 3. The van der Waals surface area contributed by atoms with Gasteiger partial charge in [-0.05, 0) is 77.6 Å². The van der Waals surface area contributed by atoms with Gasteiger partial charge >= 0.3 is 0 Å². The molecular formula is C35H42BrN9O4. The molecule has 6 heterocycles. The largest absolute Gasteiger partial charge is 0.378 e. The van der Waals surface area contributed by atoms with E-state index < -0.39 is 6.04 Å². The van der Waals surface area contributed by atoms with E-state index >= 15 is 0 Å². The van der Waals surface area contributed by atoms with Gasteiger partial charge in [-0.25, -0.2) is 4.68 Å². The maximum Gasteiger partial charge on any atom is 0.282 e. The van der Waals surface area contributed by atoms with Crippen molar-refractivity contribution in [2.24, 2.45) is 12.5 Å². The number of carbonyl (C=O) groups is 3. The maximum atomic E-state index is 13.6. The number of halogens is 1. The van der Waals surface area contributed by atoms with Gasteiger partial charge in [-0.2, -0.15) is 10.2 Å². The minimum atomic E-state index is -0.443. The summed E-state index contributed by atoms with van der Waals surface area (Å²) < 4.78 is 3.43. The number of carbonyl (C=O) groups excluding carboxylic acids is 3. The van der Waals surface area contributed by atoms with Crippen LogP contribution in [-0.2, 0) is 16.6 Å². The van der Waals surface area contributed by atoms with Gasteiger partial charge in [0, 0.05) is 82.8 Å². The van der Waals surface area contributed by atoms with Crippen molar-refractivity contribution < 1.29 is 14.4 Å². The summed E-state index contributed by atoms with van der Waals surface area (Å²) in [5.41, 5.74) is 4.56. The molecule has 2 atom stereocenters. The second kappa shape index (κ2) is 13.4. The summed E-state index contributed by atoms with van der Waals surface area (Å²) in [6.45, 7) is 4.19. The van der Waals surface area contributed by atoms with Crippen LogP contribution in [0.1, 0.15) is 72.8 Å². The number of nitrogens with one attached hydrogen (secondary N) is 2. The zero-order valence-electron chi connectivity index (χ0n) is 27.9. The van der Waals surface area contributed by atoms with Crippen LogP contribution in [0.3, 0.4) is 0 Å². The molecule has 2 aromatic heterocycles. The molecule has 4 aliphatic rings. The van der Waals surface area contributed by atoms with Crippen LogP contribution < -0.4 is 21.1 Å². The summed E-state index contributed by atoms with van der Waals surface area (Å²) in [5.74, 6) is -0.196.